The van der Waals surface area contributed by atoms with Crippen molar-refractivity contribution in [1.82, 2.24) is 9.97 Å². The van der Waals surface area contributed by atoms with Gasteiger partial charge in [-0.25, -0.2) is 9.78 Å². The second-order valence-corrected chi connectivity index (χ2v) is 5.37. The van der Waals surface area contributed by atoms with E-state index in [2.05, 4.69) is 15.3 Å². The van der Waals surface area contributed by atoms with Crippen molar-refractivity contribution in [2.75, 3.05) is 11.9 Å². The first-order valence-corrected chi connectivity index (χ1v) is 7.98. The van der Waals surface area contributed by atoms with Crippen molar-refractivity contribution in [3.63, 3.8) is 0 Å². The number of carbonyl (C=O) groups excluding carboxylic acids is 1. The van der Waals surface area contributed by atoms with Crippen LogP contribution in [0.25, 0.3) is 10.9 Å². The van der Waals surface area contributed by atoms with E-state index in [9.17, 15) is 14.9 Å². The van der Waals surface area contributed by atoms with Gasteiger partial charge in [-0.3, -0.25) is 15.1 Å². The number of ether oxygens (including phenoxy) is 1. The van der Waals surface area contributed by atoms with E-state index in [4.69, 9.17) is 4.74 Å². The van der Waals surface area contributed by atoms with Gasteiger partial charge in [-0.15, -0.1) is 0 Å². The minimum Gasteiger partial charge on any atom is -0.462 e. The van der Waals surface area contributed by atoms with Crippen LogP contribution in [0.1, 0.15) is 23.0 Å². The minimum absolute atomic E-state index is 0.126. The summed E-state index contributed by atoms with van der Waals surface area (Å²) >= 11 is 0. The highest BCUT2D eigenvalue weighted by Gasteiger charge is 2.21. The minimum atomic E-state index is -0.545. The van der Waals surface area contributed by atoms with Gasteiger partial charge in [-0.2, -0.15) is 0 Å². The summed E-state index contributed by atoms with van der Waals surface area (Å²) in [6.45, 7) is 2.26. The molecule has 8 heteroatoms. The van der Waals surface area contributed by atoms with Crippen LogP contribution < -0.4 is 5.32 Å². The number of fused-ring (bicyclic) bond motifs is 1. The molecule has 0 saturated carbocycles. The van der Waals surface area contributed by atoms with Crippen molar-refractivity contribution in [2.45, 2.75) is 13.5 Å². The van der Waals surface area contributed by atoms with Crippen molar-refractivity contribution >= 4 is 28.2 Å². The number of aromatic nitrogens is 2. The Morgan fingerprint density at radius 3 is 2.77 bits per heavy atom. The van der Waals surface area contributed by atoms with Gasteiger partial charge in [-0.1, -0.05) is 18.2 Å². The Balaban J connectivity index is 2.11. The summed E-state index contributed by atoms with van der Waals surface area (Å²) in [6, 6.07) is 10.1. The highest BCUT2D eigenvalue weighted by Crippen LogP contribution is 2.32. The zero-order valence-corrected chi connectivity index (χ0v) is 14.0. The fourth-order valence-electron chi connectivity index (χ4n) is 2.59. The lowest BCUT2D eigenvalue weighted by Gasteiger charge is -2.14. The zero-order valence-electron chi connectivity index (χ0n) is 14.0. The van der Waals surface area contributed by atoms with E-state index in [0.29, 0.717) is 17.6 Å². The number of carbonyl (C=O) groups is 1. The maximum absolute atomic E-state index is 12.3. The summed E-state index contributed by atoms with van der Waals surface area (Å²) in [5.74, 6) is -0.545. The number of non-ortho nitro benzene ring substituents is 1. The van der Waals surface area contributed by atoms with Crippen molar-refractivity contribution in [2.24, 2.45) is 0 Å². The fourth-order valence-corrected chi connectivity index (χ4v) is 2.59. The number of nitro groups is 1. The molecular weight excluding hydrogens is 336 g/mol. The molecule has 0 amide bonds. The Morgan fingerprint density at radius 1 is 1.23 bits per heavy atom. The molecule has 0 unspecified atom stereocenters. The molecule has 26 heavy (non-hydrogen) atoms. The van der Waals surface area contributed by atoms with E-state index in [1.54, 1.807) is 31.3 Å². The van der Waals surface area contributed by atoms with Gasteiger partial charge in [0.15, 0.2) is 0 Å². The van der Waals surface area contributed by atoms with E-state index < -0.39 is 10.9 Å². The summed E-state index contributed by atoms with van der Waals surface area (Å²) in [5.41, 5.74) is 1.49. The van der Waals surface area contributed by atoms with E-state index in [-0.39, 0.29) is 23.4 Å². The van der Waals surface area contributed by atoms with E-state index in [0.717, 1.165) is 5.69 Å². The third-order valence-electron chi connectivity index (χ3n) is 3.74. The van der Waals surface area contributed by atoms with Crippen LogP contribution in [0.3, 0.4) is 0 Å². The molecule has 1 aromatic carbocycles. The lowest BCUT2D eigenvalue weighted by atomic mass is 10.1. The predicted molar refractivity (Wildman–Crippen MR) is 95.9 cm³/mol. The van der Waals surface area contributed by atoms with Gasteiger partial charge in [-0.05, 0) is 19.1 Å². The van der Waals surface area contributed by atoms with Crippen molar-refractivity contribution in [3.8, 4) is 0 Å². The Labute approximate surface area is 149 Å². The number of pyridine rings is 2. The van der Waals surface area contributed by atoms with Crippen LogP contribution >= 0.6 is 0 Å². The summed E-state index contributed by atoms with van der Waals surface area (Å²) in [6.07, 6.45) is 2.97. The number of para-hydroxylation sites is 1. The molecule has 3 aromatic rings. The van der Waals surface area contributed by atoms with E-state index >= 15 is 0 Å². The topological polar surface area (TPSA) is 107 Å². The van der Waals surface area contributed by atoms with Gasteiger partial charge in [0, 0.05) is 23.8 Å². The van der Waals surface area contributed by atoms with Crippen molar-refractivity contribution in [1.29, 1.82) is 0 Å². The third kappa shape index (κ3) is 3.44. The van der Waals surface area contributed by atoms with Crippen LogP contribution in [-0.2, 0) is 11.3 Å². The monoisotopic (exact) mass is 352 g/mol. The molecule has 0 saturated heterocycles. The smallest absolute Gasteiger partial charge is 0.341 e. The van der Waals surface area contributed by atoms with Crippen molar-refractivity contribution < 1.29 is 14.5 Å². The molecule has 3 rings (SSSR count). The molecule has 2 aromatic heterocycles. The van der Waals surface area contributed by atoms with Crippen molar-refractivity contribution in [3.05, 3.63) is 70.2 Å². The van der Waals surface area contributed by atoms with E-state index in [1.165, 1.54) is 12.3 Å². The van der Waals surface area contributed by atoms with Gasteiger partial charge in [0.05, 0.1) is 29.5 Å². The molecule has 0 atom stereocenters. The van der Waals surface area contributed by atoms with Gasteiger partial charge < -0.3 is 10.1 Å². The largest absolute Gasteiger partial charge is 0.462 e. The molecule has 132 valence electrons. The molecule has 0 fully saturated rings. The Morgan fingerprint density at radius 2 is 2.08 bits per heavy atom. The SMILES string of the molecule is CCOC(=O)c1cnc2c([N+](=O)[O-])cccc2c1NCc1ccccn1. The number of nitrogens with one attached hydrogen (secondary N) is 1. The molecule has 8 nitrogen and oxygen atoms in total. The lowest BCUT2D eigenvalue weighted by molar-refractivity contribution is -0.383. The first kappa shape index (κ1) is 17.3. The molecule has 0 aliphatic rings. The number of esters is 1. The number of benzene rings is 1. The van der Waals surface area contributed by atoms with Gasteiger partial charge >= 0.3 is 5.97 Å². The van der Waals surface area contributed by atoms with Crippen LogP contribution in [-0.4, -0.2) is 27.5 Å². The average molecular weight is 352 g/mol. The lowest BCUT2D eigenvalue weighted by Crippen LogP contribution is -2.12. The summed E-state index contributed by atoms with van der Waals surface area (Å²) in [4.78, 5) is 31.4. The maximum Gasteiger partial charge on any atom is 0.341 e. The molecule has 0 aliphatic carbocycles. The second-order valence-electron chi connectivity index (χ2n) is 5.37. The first-order chi connectivity index (χ1) is 12.6. The third-order valence-corrected chi connectivity index (χ3v) is 3.74. The number of hydrogen-bond acceptors (Lipinski definition) is 7. The van der Waals surface area contributed by atoms with Crippen LogP contribution in [0.15, 0.2) is 48.8 Å². The fraction of sp³-hybridized carbons (Fsp3) is 0.167. The van der Waals surface area contributed by atoms with Crippen LogP contribution in [0.4, 0.5) is 11.4 Å². The molecular formula is C18H16N4O4. The summed E-state index contributed by atoms with van der Waals surface area (Å²) in [5, 5.41) is 14.9. The Hall–Kier alpha value is -3.55. The summed E-state index contributed by atoms with van der Waals surface area (Å²) in [7, 11) is 0. The normalized spacial score (nSPS) is 10.5. The summed E-state index contributed by atoms with van der Waals surface area (Å²) < 4.78 is 5.08. The molecule has 0 spiro atoms. The van der Waals surface area contributed by atoms with Crippen LogP contribution in [0, 0.1) is 10.1 Å². The van der Waals surface area contributed by atoms with Gasteiger partial charge in [0.2, 0.25) is 0 Å². The second kappa shape index (κ2) is 7.56. The Kier molecular flexibility index (Phi) is 5.02. The number of rotatable bonds is 6. The number of nitrogens with zero attached hydrogens (tertiary/aromatic N) is 3. The quantitative estimate of drug-likeness (QED) is 0.412. The average Bonchev–Trinajstić information content (AvgIpc) is 2.66. The standard InChI is InChI=1S/C18H16N4O4/c1-2-26-18(23)14-11-21-17-13(7-5-8-15(17)22(24)25)16(14)20-10-12-6-3-4-9-19-12/h3-9,11H,2,10H2,1H3,(H,20,21). The highest BCUT2D eigenvalue weighted by molar-refractivity contribution is 6.06. The molecule has 0 aliphatic heterocycles. The van der Waals surface area contributed by atoms with E-state index in [1.807, 2.05) is 12.1 Å². The van der Waals surface area contributed by atoms with Gasteiger partial charge in [0.1, 0.15) is 11.1 Å². The van der Waals surface area contributed by atoms with Gasteiger partial charge in [0.25, 0.3) is 5.69 Å². The first-order valence-electron chi connectivity index (χ1n) is 7.98. The molecule has 1 N–H and O–H groups in total. The highest BCUT2D eigenvalue weighted by atomic mass is 16.6. The molecule has 2 heterocycles. The zero-order chi connectivity index (χ0) is 18.5. The Bertz CT molecular complexity index is 960. The van der Waals surface area contributed by atoms with Crippen LogP contribution in [0.5, 0.6) is 0 Å². The number of nitro benzene ring substituents is 1. The molecule has 0 bridgehead atoms. The van der Waals surface area contributed by atoms with Crippen LogP contribution in [0.2, 0.25) is 0 Å². The maximum atomic E-state index is 12.3. The molecule has 0 radical (unpaired) electrons. The predicted octanol–water partition coefficient (Wildman–Crippen LogP) is 3.33. The number of anilines is 1. The number of hydrogen-bond donors (Lipinski definition) is 1.